The van der Waals surface area contributed by atoms with Crippen LogP contribution in [-0.4, -0.2) is 49.4 Å². The van der Waals surface area contributed by atoms with E-state index in [1.165, 1.54) is 17.2 Å². The molecule has 37 heavy (non-hydrogen) atoms. The molecule has 3 N–H and O–H groups in total. The molecule has 0 unspecified atom stereocenters. The number of thiophene rings is 1. The molecule has 0 bridgehead atoms. The van der Waals surface area contributed by atoms with Gasteiger partial charge in [0.25, 0.3) is 0 Å². The minimum Gasteiger partial charge on any atom is -0.508 e. The molecule has 0 fully saturated rings. The number of aromatic hydroxyl groups is 1. The lowest BCUT2D eigenvalue weighted by Crippen LogP contribution is -2.43. The highest BCUT2D eigenvalue weighted by Gasteiger charge is 2.23. The van der Waals surface area contributed by atoms with Crippen LogP contribution in [0.3, 0.4) is 0 Å². The molecule has 0 aliphatic heterocycles. The first-order chi connectivity index (χ1) is 17.6. The summed E-state index contributed by atoms with van der Waals surface area (Å²) in [6.07, 6.45) is 1.62. The van der Waals surface area contributed by atoms with Gasteiger partial charge in [0.1, 0.15) is 17.4 Å². The van der Waals surface area contributed by atoms with Crippen LogP contribution in [0.2, 0.25) is 5.15 Å². The molecule has 2 amide bonds. The van der Waals surface area contributed by atoms with Crippen molar-refractivity contribution in [2.24, 2.45) is 0 Å². The predicted molar refractivity (Wildman–Crippen MR) is 142 cm³/mol. The summed E-state index contributed by atoms with van der Waals surface area (Å²) in [6, 6.07) is 11.0. The second kappa shape index (κ2) is 11.1. The number of phenolic OH excluding ortho intramolecular Hbond substituents is 1. The number of phenols is 1. The molecule has 8 nitrogen and oxygen atoms in total. The summed E-state index contributed by atoms with van der Waals surface area (Å²) in [5, 5.41) is 12.5. The smallest absolute Gasteiger partial charge is 0.245 e. The third kappa shape index (κ3) is 6.33. The SMILES string of the molecule is Cc1cc(CC(=O)N(CC(=O)Nc2nc(-c3ccc(F)s3)[nH]c2-c2ccc(Cl)nc2)C(C)C)ccc1O. The Labute approximate surface area is 222 Å². The van der Waals surface area contributed by atoms with Crippen molar-refractivity contribution in [3.8, 4) is 27.7 Å². The molecule has 11 heteroatoms. The second-order valence-corrected chi connectivity index (χ2v) is 10.2. The number of imidazole rings is 1. The van der Waals surface area contributed by atoms with Crippen molar-refractivity contribution in [3.63, 3.8) is 0 Å². The fourth-order valence-corrected chi connectivity index (χ4v) is 4.53. The fraction of sp³-hybridized carbons (Fsp3) is 0.231. The zero-order valence-corrected chi connectivity index (χ0v) is 22.0. The topological polar surface area (TPSA) is 111 Å². The Morgan fingerprint density at radius 3 is 2.62 bits per heavy atom. The van der Waals surface area contributed by atoms with E-state index in [0.717, 1.165) is 16.9 Å². The van der Waals surface area contributed by atoms with E-state index in [-0.39, 0.29) is 41.6 Å². The lowest BCUT2D eigenvalue weighted by atomic mass is 10.1. The maximum Gasteiger partial charge on any atom is 0.245 e. The summed E-state index contributed by atoms with van der Waals surface area (Å²) >= 11 is 6.84. The van der Waals surface area contributed by atoms with Gasteiger partial charge in [-0.2, -0.15) is 4.39 Å². The number of halogens is 2. The first kappa shape index (κ1) is 26.3. The summed E-state index contributed by atoms with van der Waals surface area (Å²) in [5.74, 6) is 0.0974. The van der Waals surface area contributed by atoms with Gasteiger partial charge in [0.05, 0.1) is 17.0 Å². The summed E-state index contributed by atoms with van der Waals surface area (Å²) in [6.45, 7) is 5.22. The number of benzene rings is 1. The maximum atomic E-state index is 13.6. The van der Waals surface area contributed by atoms with Crippen molar-refractivity contribution in [3.05, 3.63) is 70.1 Å². The van der Waals surface area contributed by atoms with Gasteiger partial charge >= 0.3 is 0 Å². The highest BCUT2D eigenvalue weighted by molar-refractivity contribution is 7.13. The van der Waals surface area contributed by atoms with E-state index < -0.39 is 5.91 Å². The van der Waals surface area contributed by atoms with Gasteiger partial charge in [0, 0.05) is 17.8 Å². The number of carbonyl (C=O) groups is 2. The molecule has 0 aliphatic carbocycles. The molecule has 1 aromatic carbocycles. The Hall–Kier alpha value is -3.76. The highest BCUT2D eigenvalue weighted by atomic mass is 35.5. The summed E-state index contributed by atoms with van der Waals surface area (Å²) in [7, 11) is 0. The average molecular weight is 542 g/mol. The van der Waals surface area contributed by atoms with Crippen LogP contribution in [0.25, 0.3) is 22.0 Å². The quantitative estimate of drug-likeness (QED) is 0.258. The third-order valence-electron chi connectivity index (χ3n) is 5.66. The van der Waals surface area contributed by atoms with Crippen molar-refractivity contribution >= 4 is 40.6 Å². The minimum atomic E-state index is -0.442. The largest absolute Gasteiger partial charge is 0.508 e. The fourth-order valence-electron chi connectivity index (χ4n) is 3.74. The number of rotatable bonds is 8. The number of anilines is 1. The Kier molecular flexibility index (Phi) is 7.89. The Balaban J connectivity index is 1.55. The number of nitrogens with zero attached hydrogens (tertiary/aromatic N) is 3. The van der Waals surface area contributed by atoms with E-state index in [2.05, 4.69) is 20.3 Å². The monoisotopic (exact) mass is 541 g/mol. The number of hydrogen-bond acceptors (Lipinski definition) is 6. The van der Waals surface area contributed by atoms with Crippen LogP contribution < -0.4 is 5.32 Å². The number of hydrogen-bond donors (Lipinski definition) is 3. The van der Waals surface area contributed by atoms with Gasteiger partial charge in [-0.25, -0.2) is 9.97 Å². The van der Waals surface area contributed by atoms with Crippen LogP contribution in [-0.2, 0) is 16.0 Å². The van der Waals surface area contributed by atoms with Crippen molar-refractivity contribution < 1.29 is 19.1 Å². The van der Waals surface area contributed by atoms with Crippen molar-refractivity contribution in [2.45, 2.75) is 33.2 Å². The molecule has 0 saturated heterocycles. The molecular weight excluding hydrogens is 517 g/mol. The number of carbonyl (C=O) groups excluding carboxylic acids is 2. The molecule has 4 aromatic rings. The molecule has 0 aliphatic rings. The average Bonchev–Trinajstić information content (AvgIpc) is 3.46. The van der Waals surface area contributed by atoms with E-state index in [1.807, 2.05) is 13.8 Å². The zero-order valence-electron chi connectivity index (χ0n) is 20.4. The van der Waals surface area contributed by atoms with Crippen LogP contribution in [0.1, 0.15) is 25.0 Å². The number of aromatic nitrogens is 3. The summed E-state index contributed by atoms with van der Waals surface area (Å²) in [4.78, 5) is 39.9. The van der Waals surface area contributed by atoms with E-state index in [0.29, 0.717) is 32.7 Å². The molecule has 4 rings (SSSR count). The Morgan fingerprint density at radius 1 is 1.22 bits per heavy atom. The zero-order chi connectivity index (χ0) is 26.7. The summed E-state index contributed by atoms with van der Waals surface area (Å²) < 4.78 is 13.6. The first-order valence-electron chi connectivity index (χ1n) is 11.5. The van der Waals surface area contributed by atoms with Crippen LogP contribution in [0.4, 0.5) is 10.2 Å². The Morgan fingerprint density at radius 2 is 2.00 bits per heavy atom. The molecule has 0 saturated carbocycles. The van der Waals surface area contributed by atoms with Gasteiger partial charge in [0.2, 0.25) is 11.8 Å². The van der Waals surface area contributed by atoms with Gasteiger partial charge in [-0.1, -0.05) is 23.7 Å². The van der Waals surface area contributed by atoms with Crippen molar-refractivity contribution in [2.75, 3.05) is 11.9 Å². The third-order valence-corrected chi connectivity index (χ3v) is 6.76. The number of aromatic amines is 1. The molecule has 3 aromatic heterocycles. The van der Waals surface area contributed by atoms with Gasteiger partial charge in [-0.15, -0.1) is 11.3 Å². The number of aryl methyl sites for hydroxylation is 1. The molecule has 3 heterocycles. The van der Waals surface area contributed by atoms with E-state index in [4.69, 9.17) is 11.6 Å². The van der Waals surface area contributed by atoms with Crippen molar-refractivity contribution in [1.82, 2.24) is 19.9 Å². The van der Waals surface area contributed by atoms with Crippen LogP contribution in [0.5, 0.6) is 5.75 Å². The van der Waals surface area contributed by atoms with E-state index in [1.54, 1.807) is 43.3 Å². The van der Waals surface area contributed by atoms with E-state index in [9.17, 15) is 19.1 Å². The molecular formula is C26H25ClFN5O3S. The normalized spacial score (nSPS) is 11.1. The number of amides is 2. The Bertz CT molecular complexity index is 1430. The van der Waals surface area contributed by atoms with Crippen molar-refractivity contribution in [1.29, 1.82) is 0 Å². The van der Waals surface area contributed by atoms with Crippen LogP contribution in [0.15, 0.2) is 48.7 Å². The molecule has 192 valence electrons. The van der Waals surface area contributed by atoms with Gasteiger partial charge in [-0.05, 0) is 62.2 Å². The highest BCUT2D eigenvalue weighted by Crippen LogP contribution is 2.32. The standard InChI is InChI=1S/C26H25ClFN5O3S/c1-14(2)33(23(36)11-16-4-6-18(34)15(3)10-16)13-22(35)30-26-24(17-5-8-20(27)29-12-17)31-25(32-26)19-7-9-21(28)37-19/h4-10,12,14,34H,11,13H2,1-3H3,(H,30,35)(H,31,32). The van der Waals surface area contributed by atoms with Gasteiger partial charge in [0.15, 0.2) is 16.8 Å². The van der Waals surface area contributed by atoms with Gasteiger partial charge < -0.3 is 20.3 Å². The second-order valence-electron chi connectivity index (χ2n) is 8.74. The number of nitrogens with one attached hydrogen (secondary N) is 2. The predicted octanol–water partition coefficient (Wildman–Crippen LogP) is 5.42. The van der Waals surface area contributed by atoms with Gasteiger partial charge in [-0.3, -0.25) is 9.59 Å². The lowest BCUT2D eigenvalue weighted by molar-refractivity contribution is -0.135. The first-order valence-corrected chi connectivity index (χ1v) is 12.7. The maximum absolute atomic E-state index is 13.6. The minimum absolute atomic E-state index is 0.0881. The van der Waals surface area contributed by atoms with Crippen LogP contribution >= 0.6 is 22.9 Å². The lowest BCUT2D eigenvalue weighted by Gasteiger charge is -2.26. The number of H-pyrrole nitrogens is 1. The summed E-state index contributed by atoms with van der Waals surface area (Å²) in [5.41, 5.74) is 2.51. The molecule has 0 spiro atoms. The molecule has 0 atom stereocenters. The molecule has 0 radical (unpaired) electrons. The van der Waals surface area contributed by atoms with Crippen LogP contribution in [0, 0.1) is 12.1 Å². The number of pyridine rings is 1. The van der Waals surface area contributed by atoms with E-state index >= 15 is 0 Å².